The van der Waals surface area contributed by atoms with Gasteiger partial charge >= 0.3 is 5.97 Å². The number of carbonyl (C=O) groups excluding carboxylic acids is 2. The minimum Gasteiger partial charge on any atom is -0.465 e. The van der Waals surface area contributed by atoms with E-state index >= 15 is 0 Å². The van der Waals surface area contributed by atoms with E-state index in [1.54, 1.807) is 42.6 Å². The second-order valence-corrected chi connectivity index (χ2v) is 5.45. The molecule has 0 spiro atoms. The number of pyridine rings is 1. The van der Waals surface area contributed by atoms with Crippen LogP contribution in [0.4, 0.5) is 17.1 Å². The second kappa shape index (κ2) is 7.94. The van der Waals surface area contributed by atoms with Crippen LogP contribution in [0.25, 0.3) is 0 Å². The first-order valence-electron chi connectivity index (χ1n) is 7.93. The summed E-state index contributed by atoms with van der Waals surface area (Å²) in [4.78, 5) is 27.8. The van der Waals surface area contributed by atoms with Gasteiger partial charge in [-0.2, -0.15) is 0 Å². The first-order chi connectivity index (χ1) is 12.7. The number of carbonyl (C=O) groups is 2. The van der Waals surface area contributed by atoms with Gasteiger partial charge in [0.05, 0.1) is 24.6 Å². The highest BCUT2D eigenvalue weighted by molar-refractivity contribution is 6.02. The maximum atomic E-state index is 12.2. The van der Waals surface area contributed by atoms with E-state index in [2.05, 4.69) is 20.4 Å². The van der Waals surface area contributed by atoms with Gasteiger partial charge in [-0.05, 0) is 48.5 Å². The summed E-state index contributed by atoms with van der Waals surface area (Å²) in [7, 11) is 1.34. The van der Waals surface area contributed by atoms with E-state index in [1.807, 2.05) is 30.3 Å². The van der Waals surface area contributed by atoms with Gasteiger partial charge in [0, 0.05) is 11.4 Å². The second-order valence-electron chi connectivity index (χ2n) is 5.45. The van der Waals surface area contributed by atoms with Crippen molar-refractivity contribution in [2.45, 2.75) is 0 Å². The van der Waals surface area contributed by atoms with Gasteiger partial charge < -0.3 is 15.4 Å². The molecule has 26 heavy (non-hydrogen) atoms. The summed E-state index contributed by atoms with van der Waals surface area (Å²) < 4.78 is 4.67. The summed E-state index contributed by atoms with van der Waals surface area (Å²) in [5, 5.41) is 5.94. The van der Waals surface area contributed by atoms with Crippen LogP contribution in [0.5, 0.6) is 0 Å². The molecule has 1 aromatic heterocycles. The zero-order valence-corrected chi connectivity index (χ0v) is 14.1. The number of ether oxygens (including phenoxy) is 1. The molecule has 0 bridgehead atoms. The minimum absolute atomic E-state index is 0.273. The number of nitrogens with zero attached hydrogens (tertiary/aromatic N) is 1. The van der Waals surface area contributed by atoms with Crippen molar-refractivity contribution in [3.63, 3.8) is 0 Å². The third-order valence-corrected chi connectivity index (χ3v) is 3.62. The molecule has 3 rings (SSSR count). The predicted octanol–water partition coefficient (Wildman–Crippen LogP) is 3.86. The molecule has 2 aromatic carbocycles. The van der Waals surface area contributed by atoms with Crippen LogP contribution < -0.4 is 10.6 Å². The van der Waals surface area contributed by atoms with Gasteiger partial charge in [-0.15, -0.1) is 0 Å². The molecule has 0 saturated carbocycles. The fourth-order valence-corrected chi connectivity index (χ4v) is 2.29. The normalized spacial score (nSPS) is 10.0. The molecule has 0 saturated heterocycles. The van der Waals surface area contributed by atoms with E-state index in [9.17, 15) is 9.59 Å². The van der Waals surface area contributed by atoms with E-state index in [1.165, 1.54) is 7.11 Å². The predicted molar refractivity (Wildman–Crippen MR) is 99.7 cm³/mol. The summed E-state index contributed by atoms with van der Waals surface area (Å²) in [6.07, 6.45) is 1.58. The molecule has 0 aliphatic heterocycles. The van der Waals surface area contributed by atoms with Crippen molar-refractivity contribution in [2.24, 2.45) is 0 Å². The fourth-order valence-electron chi connectivity index (χ4n) is 2.29. The zero-order valence-electron chi connectivity index (χ0n) is 14.1. The number of esters is 1. The molecule has 2 N–H and O–H groups in total. The molecule has 0 fully saturated rings. The van der Waals surface area contributed by atoms with Gasteiger partial charge in [0.1, 0.15) is 5.69 Å². The van der Waals surface area contributed by atoms with Crippen LogP contribution in [0.2, 0.25) is 0 Å². The maximum absolute atomic E-state index is 12.2. The number of para-hydroxylation sites is 1. The molecular formula is C20H17N3O3. The molecule has 130 valence electrons. The van der Waals surface area contributed by atoms with Crippen LogP contribution in [0.3, 0.4) is 0 Å². The van der Waals surface area contributed by atoms with Gasteiger partial charge in [-0.3, -0.25) is 4.79 Å². The molecule has 0 aliphatic rings. The van der Waals surface area contributed by atoms with Crippen molar-refractivity contribution < 1.29 is 14.3 Å². The van der Waals surface area contributed by atoms with Gasteiger partial charge in [0.15, 0.2) is 0 Å². The molecule has 6 heteroatoms. The summed E-state index contributed by atoms with van der Waals surface area (Å²) in [6, 6.07) is 19.5. The van der Waals surface area contributed by atoms with Crippen molar-refractivity contribution in [1.82, 2.24) is 4.98 Å². The Bertz CT molecular complexity index is 892. The summed E-state index contributed by atoms with van der Waals surface area (Å²) >= 11 is 0. The third kappa shape index (κ3) is 4.24. The van der Waals surface area contributed by atoms with E-state index in [-0.39, 0.29) is 11.9 Å². The molecule has 1 heterocycles. The van der Waals surface area contributed by atoms with Crippen molar-refractivity contribution in [3.05, 3.63) is 84.2 Å². The monoisotopic (exact) mass is 347 g/mol. The first kappa shape index (κ1) is 17.2. The van der Waals surface area contributed by atoms with Crippen LogP contribution in [-0.4, -0.2) is 24.0 Å². The minimum atomic E-state index is -0.382. The van der Waals surface area contributed by atoms with E-state index in [4.69, 9.17) is 0 Å². The topological polar surface area (TPSA) is 80.3 Å². The average Bonchev–Trinajstić information content (AvgIpc) is 2.69. The highest BCUT2D eigenvalue weighted by Gasteiger charge is 2.08. The van der Waals surface area contributed by atoms with Gasteiger partial charge in [0.2, 0.25) is 0 Å². The Morgan fingerprint density at radius 2 is 1.54 bits per heavy atom. The first-order valence-corrected chi connectivity index (χ1v) is 7.93. The van der Waals surface area contributed by atoms with Crippen molar-refractivity contribution in [2.75, 3.05) is 17.7 Å². The number of amides is 1. The van der Waals surface area contributed by atoms with Gasteiger partial charge in [-0.1, -0.05) is 18.2 Å². The van der Waals surface area contributed by atoms with Gasteiger partial charge in [0.25, 0.3) is 5.91 Å². The molecular weight excluding hydrogens is 330 g/mol. The Hall–Kier alpha value is -3.67. The average molecular weight is 347 g/mol. The quantitative estimate of drug-likeness (QED) is 0.685. The highest BCUT2D eigenvalue weighted by Crippen LogP contribution is 2.17. The van der Waals surface area contributed by atoms with E-state index in [0.29, 0.717) is 16.9 Å². The molecule has 3 aromatic rings. The zero-order chi connectivity index (χ0) is 18.4. The van der Waals surface area contributed by atoms with Crippen molar-refractivity contribution in [1.29, 1.82) is 0 Å². The van der Waals surface area contributed by atoms with Crippen LogP contribution in [-0.2, 0) is 4.74 Å². The molecule has 0 aliphatic carbocycles. The Morgan fingerprint density at radius 1 is 0.846 bits per heavy atom. The number of rotatable bonds is 5. The lowest BCUT2D eigenvalue weighted by Crippen LogP contribution is -2.13. The Labute approximate surface area is 150 Å². The number of nitrogens with one attached hydrogen (secondary N) is 2. The SMILES string of the molecule is COC(=O)c1ccc(Nc2ccc(C(=O)Nc3ccccc3)nc2)cc1. The van der Waals surface area contributed by atoms with Gasteiger partial charge in [-0.25, -0.2) is 9.78 Å². The molecule has 0 unspecified atom stereocenters. The number of methoxy groups -OCH3 is 1. The number of hydrogen-bond acceptors (Lipinski definition) is 5. The summed E-state index contributed by atoms with van der Waals surface area (Å²) in [6.45, 7) is 0. The Morgan fingerprint density at radius 3 is 2.15 bits per heavy atom. The standard InChI is InChI=1S/C20H17N3O3/c1-26-20(25)14-7-9-16(10-8-14)22-17-11-12-18(21-13-17)19(24)23-15-5-3-2-4-6-15/h2-13,22H,1H3,(H,23,24). The lowest BCUT2D eigenvalue weighted by molar-refractivity contribution is 0.0600. The van der Waals surface area contributed by atoms with Crippen LogP contribution in [0, 0.1) is 0 Å². The lowest BCUT2D eigenvalue weighted by atomic mass is 10.2. The van der Waals surface area contributed by atoms with Crippen LogP contribution >= 0.6 is 0 Å². The fraction of sp³-hybridized carbons (Fsp3) is 0.0500. The van der Waals surface area contributed by atoms with Crippen molar-refractivity contribution in [3.8, 4) is 0 Å². The number of hydrogen-bond donors (Lipinski definition) is 2. The highest BCUT2D eigenvalue weighted by atomic mass is 16.5. The molecule has 0 radical (unpaired) electrons. The molecule has 1 amide bonds. The van der Waals surface area contributed by atoms with Crippen molar-refractivity contribution >= 4 is 28.9 Å². The number of aromatic nitrogens is 1. The molecule has 0 atom stereocenters. The lowest BCUT2D eigenvalue weighted by Gasteiger charge is -2.08. The maximum Gasteiger partial charge on any atom is 0.337 e. The van der Waals surface area contributed by atoms with E-state index < -0.39 is 0 Å². The Balaban J connectivity index is 1.64. The Kier molecular flexibility index (Phi) is 5.24. The summed E-state index contributed by atoms with van der Waals surface area (Å²) in [5.41, 5.74) is 3.03. The number of anilines is 3. The third-order valence-electron chi connectivity index (χ3n) is 3.62. The largest absolute Gasteiger partial charge is 0.465 e. The molecule has 6 nitrogen and oxygen atoms in total. The summed E-state index contributed by atoms with van der Waals surface area (Å²) in [5.74, 6) is -0.655. The van der Waals surface area contributed by atoms with Crippen LogP contribution in [0.15, 0.2) is 72.9 Å². The number of benzene rings is 2. The van der Waals surface area contributed by atoms with Crippen LogP contribution in [0.1, 0.15) is 20.8 Å². The van der Waals surface area contributed by atoms with E-state index in [0.717, 1.165) is 11.4 Å². The smallest absolute Gasteiger partial charge is 0.337 e.